The Balaban J connectivity index is 2.32. The Labute approximate surface area is 124 Å². The van der Waals surface area contributed by atoms with E-state index in [0.717, 1.165) is 0 Å². The number of carbonyl (C=O) groups is 1. The number of hydrogen-bond acceptors (Lipinski definition) is 5. The highest BCUT2D eigenvalue weighted by atomic mass is 79.9. The van der Waals surface area contributed by atoms with Gasteiger partial charge in [-0.15, -0.1) is 11.3 Å². The SMILES string of the molecule is CC(=O)CC1COCCN1S(=O)(=O)c1sccc1Br. The summed E-state index contributed by atoms with van der Waals surface area (Å²) in [5, 5.41) is 1.72. The van der Waals surface area contributed by atoms with E-state index in [1.807, 2.05) is 0 Å². The average molecular weight is 368 g/mol. The predicted molar refractivity (Wildman–Crippen MR) is 75.8 cm³/mol. The number of morpholine rings is 1. The first-order valence-corrected chi connectivity index (χ1v) is 8.86. The van der Waals surface area contributed by atoms with Crippen LogP contribution in [0.2, 0.25) is 0 Å². The zero-order valence-electron chi connectivity index (χ0n) is 10.3. The van der Waals surface area contributed by atoms with Crippen molar-refractivity contribution in [2.45, 2.75) is 23.6 Å². The summed E-state index contributed by atoms with van der Waals surface area (Å²) in [6, 6.07) is 1.29. The average Bonchev–Trinajstić information content (AvgIpc) is 2.76. The van der Waals surface area contributed by atoms with Gasteiger partial charge in [0.15, 0.2) is 0 Å². The first-order chi connectivity index (χ1) is 8.93. The number of ketones is 1. The zero-order chi connectivity index (χ0) is 14.0. The monoisotopic (exact) mass is 367 g/mol. The van der Waals surface area contributed by atoms with E-state index in [1.165, 1.54) is 22.6 Å². The van der Waals surface area contributed by atoms with E-state index >= 15 is 0 Å². The second-order valence-corrected chi connectivity index (χ2v) is 8.16. The van der Waals surface area contributed by atoms with Gasteiger partial charge in [-0.3, -0.25) is 4.79 Å². The minimum absolute atomic E-state index is 0.0408. The smallest absolute Gasteiger partial charge is 0.254 e. The summed E-state index contributed by atoms with van der Waals surface area (Å²) in [5.41, 5.74) is 0. The summed E-state index contributed by atoms with van der Waals surface area (Å²) in [6.07, 6.45) is 0.183. The van der Waals surface area contributed by atoms with Gasteiger partial charge in [0.1, 0.15) is 9.99 Å². The van der Waals surface area contributed by atoms with E-state index in [4.69, 9.17) is 4.74 Å². The third kappa shape index (κ3) is 3.25. The zero-order valence-corrected chi connectivity index (χ0v) is 13.6. The molecule has 0 bridgehead atoms. The lowest BCUT2D eigenvalue weighted by atomic mass is 10.1. The van der Waals surface area contributed by atoms with Crippen molar-refractivity contribution in [1.82, 2.24) is 4.31 Å². The molecule has 1 saturated heterocycles. The third-order valence-corrected chi connectivity index (χ3v) is 7.42. The molecule has 1 fully saturated rings. The highest BCUT2D eigenvalue weighted by Gasteiger charge is 2.36. The van der Waals surface area contributed by atoms with Gasteiger partial charge in [-0.25, -0.2) is 8.42 Å². The lowest BCUT2D eigenvalue weighted by molar-refractivity contribution is -0.118. The van der Waals surface area contributed by atoms with Crippen LogP contribution in [0.3, 0.4) is 0 Å². The molecule has 0 aliphatic carbocycles. The van der Waals surface area contributed by atoms with Crippen molar-refractivity contribution >= 4 is 43.1 Å². The summed E-state index contributed by atoms with van der Waals surface area (Å²) < 4.78 is 32.7. The topological polar surface area (TPSA) is 63.7 Å². The minimum atomic E-state index is -3.57. The van der Waals surface area contributed by atoms with Crippen molar-refractivity contribution in [3.63, 3.8) is 0 Å². The molecule has 106 valence electrons. The molecule has 19 heavy (non-hydrogen) atoms. The van der Waals surface area contributed by atoms with Gasteiger partial charge in [-0.1, -0.05) is 0 Å². The van der Waals surface area contributed by atoms with Gasteiger partial charge >= 0.3 is 0 Å². The number of thiophene rings is 1. The molecule has 5 nitrogen and oxygen atoms in total. The fourth-order valence-electron chi connectivity index (χ4n) is 2.02. The third-order valence-electron chi connectivity index (χ3n) is 2.82. The van der Waals surface area contributed by atoms with E-state index in [-0.39, 0.29) is 29.6 Å². The van der Waals surface area contributed by atoms with Gasteiger partial charge in [0.05, 0.1) is 19.3 Å². The first-order valence-electron chi connectivity index (χ1n) is 5.75. The van der Waals surface area contributed by atoms with Gasteiger partial charge < -0.3 is 4.74 Å². The van der Waals surface area contributed by atoms with Crippen LogP contribution in [-0.4, -0.2) is 44.3 Å². The Bertz CT molecular complexity index is 569. The Morgan fingerprint density at radius 2 is 2.37 bits per heavy atom. The normalized spacial score (nSPS) is 21.5. The molecule has 0 aromatic carbocycles. The largest absolute Gasteiger partial charge is 0.378 e. The molecule has 1 aromatic rings. The molecule has 1 aliphatic heterocycles. The van der Waals surface area contributed by atoms with Crippen LogP contribution in [0.1, 0.15) is 13.3 Å². The van der Waals surface area contributed by atoms with Crippen LogP contribution in [0.4, 0.5) is 0 Å². The summed E-state index contributed by atoms with van der Waals surface area (Å²) in [6.45, 7) is 2.36. The maximum absolute atomic E-state index is 12.6. The second kappa shape index (κ2) is 6.01. The van der Waals surface area contributed by atoms with Crippen molar-refractivity contribution in [2.24, 2.45) is 0 Å². The van der Waals surface area contributed by atoms with Crippen LogP contribution in [0, 0.1) is 0 Å². The molecule has 1 aliphatic rings. The number of nitrogens with zero attached hydrogens (tertiary/aromatic N) is 1. The quantitative estimate of drug-likeness (QED) is 0.814. The maximum Gasteiger partial charge on any atom is 0.254 e. The maximum atomic E-state index is 12.6. The van der Waals surface area contributed by atoms with Crippen LogP contribution >= 0.6 is 27.3 Å². The molecule has 0 radical (unpaired) electrons. The summed E-state index contributed by atoms with van der Waals surface area (Å²) in [4.78, 5) is 11.3. The summed E-state index contributed by atoms with van der Waals surface area (Å²) in [7, 11) is -3.57. The van der Waals surface area contributed by atoms with Gasteiger partial charge in [0.2, 0.25) is 0 Å². The van der Waals surface area contributed by atoms with Gasteiger partial charge in [-0.2, -0.15) is 4.31 Å². The van der Waals surface area contributed by atoms with E-state index in [9.17, 15) is 13.2 Å². The lowest BCUT2D eigenvalue weighted by Crippen LogP contribution is -2.49. The molecule has 0 amide bonds. The summed E-state index contributed by atoms with van der Waals surface area (Å²) in [5.74, 6) is -0.0408. The fraction of sp³-hybridized carbons (Fsp3) is 0.545. The Kier molecular flexibility index (Phi) is 4.78. The van der Waals surface area contributed by atoms with Crippen molar-refractivity contribution in [1.29, 1.82) is 0 Å². The number of halogens is 1. The second-order valence-electron chi connectivity index (χ2n) is 4.31. The predicted octanol–water partition coefficient (Wildman–Crippen LogP) is 1.88. The fourth-order valence-corrected chi connectivity index (χ4v) is 6.04. The number of hydrogen-bond donors (Lipinski definition) is 0. The highest BCUT2D eigenvalue weighted by molar-refractivity contribution is 9.10. The molecule has 1 aromatic heterocycles. The van der Waals surface area contributed by atoms with E-state index in [0.29, 0.717) is 11.1 Å². The van der Waals surface area contributed by atoms with Gasteiger partial charge in [-0.05, 0) is 34.3 Å². The molecule has 1 unspecified atom stereocenters. The van der Waals surface area contributed by atoms with E-state index < -0.39 is 16.1 Å². The number of ether oxygens (including phenoxy) is 1. The minimum Gasteiger partial charge on any atom is -0.378 e. The van der Waals surface area contributed by atoms with E-state index in [1.54, 1.807) is 11.4 Å². The van der Waals surface area contributed by atoms with Crippen LogP contribution in [-0.2, 0) is 19.6 Å². The Hall–Kier alpha value is -0.280. The molecule has 0 N–H and O–H groups in total. The van der Waals surface area contributed by atoms with Crippen LogP contribution < -0.4 is 0 Å². The first kappa shape index (κ1) is 15.1. The molecule has 2 heterocycles. The molecular formula is C11H14BrNO4S2. The van der Waals surface area contributed by atoms with Crippen molar-refractivity contribution in [3.8, 4) is 0 Å². The molecular weight excluding hydrogens is 354 g/mol. The highest BCUT2D eigenvalue weighted by Crippen LogP contribution is 2.32. The van der Waals surface area contributed by atoms with Gasteiger partial charge in [0.25, 0.3) is 10.0 Å². The van der Waals surface area contributed by atoms with Crippen molar-refractivity contribution < 1.29 is 17.9 Å². The van der Waals surface area contributed by atoms with E-state index in [2.05, 4.69) is 15.9 Å². The molecule has 2 rings (SSSR count). The summed E-state index contributed by atoms with van der Waals surface area (Å²) >= 11 is 4.41. The Morgan fingerprint density at radius 3 is 2.95 bits per heavy atom. The number of sulfonamides is 1. The molecule has 1 atom stereocenters. The van der Waals surface area contributed by atoms with Crippen LogP contribution in [0.25, 0.3) is 0 Å². The number of Topliss-reactive ketones (excluding diaryl/α,β-unsaturated/α-hetero) is 1. The van der Waals surface area contributed by atoms with Gasteiger partial charge in [0, 0.05) is 17.4 Å². The van der Waals surface area contributed by atoms with Crippen molar-refractivity contribution in [3.05, 3.63) is 15.9 Å². The standard InChI is InChI=1S/C11H14BrNO4S2/c1-8(14)6-9-7-17-4-3-13(9)19(15,16)11-10(12)2-5-18-11/h2,5,9H,3-4,6-7H2,1H3. The molecule has 8 heteroatoms. The lowest BCUT2D eigenvalue weighted by Gasteiger charge is -2.33. The molecule has 0 saturated carbocycles. The van der Waals surface area contributed by atoms with Crippen molar-refractivity contribution in [2.75, 3.05) is 19.8 Å². The Morgan fingerprint density at radius 1 is 1.63 bits per heavy atom. The number of rotatable bonds is 4. The molecule has 0 spiro atoms. The van der Waals surface area contributed by atoms with Crippen LogP contribution in [0.5, 0.6) is 0 Å². The number of carbonyl (C=O) groups excluding carboxylic acids is 1. The van der Waals surface area contributed by atoms with Crippen LogP contribution in [0.15, 0.2) is 20.1 Å².